The van der Waals surface area contributed by atoms with Gasteiger partial charge in [0.15, 0.2) is 0 Å². The molecule has 1 aliphatic rings. The summed E-state index contributed by atoms with van der Waals surface area (Å²) in [5, 5.41) is 7.68. The van der Waals surface area contributed by atoms with Crippen LogP contribution in [0.1, 0.15) is 18.4 Å². The quantitative estimate of drug-likeness (QED) is 0.808. The van der Waals surface area contributed by atoms with E-state index in [1.165, 1.54) is 18.4 Å². The van der Waals surface area contributed by atoms with Gasteiger partial charge in [-0.15, -0.1) is 0 Å². The van der Waals surface area contributed by atoms with Crippen molar-refractivity contribution in [2.24, 2.45) is 0 Å². The highest BCUT2D eigenvalue weighted by atomic mass is 35.5. The molecule has 1 aromatic rings. The summed E-state index contributed by atoms with van der Waals surface area (Å²) in [4.78, 5) is 0. The summed E-state index contributed by atoms with van der Waals surface area (Å²) in [5.41, 5.74) is 2.25. The van der Waals surface area contributed by atoms with Crippen LogP contribution in [0.15, 0.2) is 18.2 Å². The molecule has 3 heteroatoms. The smallest absolute Gasteiger partial charge is 0.0640 e. The Bertz CT molecular complexity index is 332. The minimum absolute atomic E-state index is 0.513. The van der Waals surface area contributed by atoms with Crippen molar-refractivity contribution in [1.82, 2.24) is 5.32 Å². The summed E-state index contributed by atoms with van der Waals surface area (Å²) in [6.07, 6.45) is 2.46. The number of aryl methyl sites for hydroxylation is 1. The van der Waals surface area contributed by atoms with E-state index in [1.54, 1.807) is 0 Å². The number of hydrogen-bond acceptors (Lipinski definition) is 2. The molecular formula is C12H17ClN2. The lowest BCUT2D eigenvalue weighted by Crippen LogP contribution is -2.38. The van der Waals surface area contributed by atoms with Gasteiger partial charge in [0, 0.05) is 12.6 Å². The molecular weight excluding hydrogens is 208 g/mol. The zero-order chi connectivity index (χ0) is 10.7. The molecule has 1 atom stereocenters. The summed E-state index contributed by atoms with van der Waals surface area (Å²) in [7, 11) is 0. The molecule has 0 saturated carbocycles. The van der Waals surface area contributed by atoms with Crippen LogP contribution in [0.2, 0.25) is 5.02 Å². The average molecular weight is 225 g/mol. The third-order valence-electron chi connectivity index (χ3n) is 2.78. The van der Waals surface area contributed by atoms with E-state index in [9.17, 15) is 0 Å². The highest BCUT2D eigenvalue weighted by Crippen LogP contribution is 2.24. The number of piperidine rings is 1. The standard InChI is InChI=1S/C12H17ClN2/c1-9-4-5-12(11(13)7-9)15-10-3-2-6-14-8-10/h4-5,7,10,14-15H,2-3,6,8H2,1H3. The first-order valence-electron chi connectivity index (χ1n) is 5.49. The van der Waals surface area contributed by atoms with Crippen molar-refractivity contribution < 1.29 is 0 Å². The summed E-state index contributed by atoms with van der Waals surface area (Å²) in [5.74, 6) is 0. The summed E-state index contributed by atoms with van der Waals surface area (Å²) >= 11 is 6.17. The topological polar surface area (TPSA) is 24.1 Å². The SMILES string of the molecule is Cc1ccc(NC2CCCNC2)c(Cl)c1. The summed E-state index contributed by atoms with van der Waals surface area (Å²) < 4.78 is 0. The van der Waals surface area contributed by atoms with E-state index in [2.05, 4.69) is 29.7 Å². The Morgan fingerprint density at radius 3 is 3.00 bits per heavy atom. The highest BCUT2D eigenvalue weighted by molar-refractivity contribution is 6.33. The molecule has 2 nitrogen and oxygen atoms in total. The van der Waals surface area contributed by atoms with Gasteiger partial charge in [0.1, 0.15) is 0 Å². The number of halogens is 1. The van der Waals surface area contributed by atoms with Crippen LogP contribution in [-0.2, 0) is 0 Å². The normalized spacial score (nSPS) is 21.3. The molecule has 0 bridgehead atoms. The Morgan fingerprint density at radius 1 is 1.47 bits per heavy atom. The maximum atomic E-state index is 6.17. The predicted octanol–water partition coefficient (Wildman–Crippen LogP) is 2.81. The number of nitrogens with one attached hydrogen (secondary N) is 2. The molecule has 1 unspecified atom stereocenters. The first-order chi connectivity index (χ1) is 7.25. The number of rotatable bonds is 2. The second-order valence-corrected chi connectivity index (χ2v) is 4.58. The molecule has 0 radical (unpaired) electrons. The van der Waals surface area contributed by atoms with Crippen LogP contribution in [0.5, 0.6) is 0 Å². The molecule has 0 spiro atoms. The second kappa shape index (κ2) is 4.86. The summed E-state index contributed by atoms with van der Waals surface area (Å²) in [6, 6.07) is 6.66. The van der Waals surface area contributed by atoms with Gasteiger partial charge in [0.05, 0.1) is 10.7 Å². The lowest BCUT2D eigenvalue weighted by atomic mass is 10.1. The van der Waals surface area contributed by atoms with E-state index in [1.807, 2.05) is 6.07 Å². The van der Waals surface area contributed by atoms with Crippen LogP contribution < -0.4 is 10.6 Å². The van der Waals surface area contributed by atoms with Crippen LogP contribution in [0.25, 0.3) is 0 Å². The van der Waals surface area contributed by atoms with Crippen LogP contribution in [0, 0.1) is 6.92 Å². The molecule has 1 saturated heterocycles. The molecule has 2 N–H and O–H groups in total. The Kier molecular flexibility index (Phi) is 3.49. The van der Waals surface area contributed by atoms with Gasteiger partial charge in [-0.1, -0.05) is 17.7 Å². The van der Waals surface area contributed by atoms with Crippen molar-refractivity contribution >= 4 is 17.3 Å². The van der Waals surface area contributed by atoms with Crippen LogP contribution in [0.4, 0.5) is 5.69 Å². The van der Waals surface area contributed by atoms with Gasteiger partial charge in [0.2, 0.25) is 0 Å². The zero-order valence-corrected chi connectivity index (χ0v) is 9.77. The Labute approximate surface area is 96.0 Å². The Morgan fingerprint density at radius 2 is 2.33 bits per heavy atom. The van der Waals surface area contributed by atoms with Crippen molar-refractivity contribution in [2.45, 2.75) is 25.8 Å². The molecule has 1 aliphatic heterocycles. The van der Waals surface area contributed by atoms with E-state index in [0.29, 0.717) is 6.04 Å². The van der Waals surface area contributed by atoms with Gasteiger partial charge in [-0.3, -0.25) is 0 Å². The van der Waals surface area contributed by atoms with Crippen molar-refractivity contribution in [3.63, 3.8) is 0 Å². The first kappa shape index (κ1) is 10.8. The minimum Gasteiger partial charge on any atom is -0.380 e. The van der Waals surface area contributed by atoms with Crippen molar-refractivity contribution in [3.8, 4) is 0 Å². The highest BCUT2D eigenvalue weighted by Gasteiger charge is 2.13. The maximum Gasteiger partial charge on any atom is 0.0640 e. The number of anilines is 1. The lowest BCUT2D eigenvalue weighted by molar-refractivity contribution is 0.480. The van der Waals surface area contributed by atoms with Gasteiger partial charge in [-0.25, -0.2) is 0 Å². The average Bonchev–Trinajstić information content (AvgIpc) is 2.24. The van der Waals surface area contributed by atoms with Crippen LogP contribution in [-0.4, -0.2) is 19.1 Å². The largest absolute Gasteiger partial charge is 0.380 e. The Balaban J connectivity index is 2.03. The van der Waals surface area contributed by atoms with Crippen molar-refractivity contribution in [3.05, 3.63) is 28.8 Å². The first-order valence-corrected chi connectivity index (χ1v) is 5.87. The third-order valence-corrected chi connectivity index (χ3v) is 3.09. The number of hydrogen-bond donors (Lipinski definition) is 2. The monoisotopic (exact) mass is 224 g/mol. The number of benzene rings is 1. The lowest BCUT2D eigenvalue weighted by Gasteiger charge is -2.25. The molecule has 0 amide bonds. The molecule has 15 heavy (non-hydrogen) atoms. The van der Waals surface area contributed by atoms with Crippen molar-refractivity contribution in [2.75, 3.05) is 18.4 Å². The maximum absolute atomic E-state index is 6.17. The Hall–Kier alpha value is -0.730. The van der Waals surface area contributed by atoms with Crippen molar-refractivity contribution in [1.29, 1.82) is 0 Å². The van der Waals surface area contributed by atoms with E-state index < -0.39 is 0 Å². The van der Waals surface area contributed by atoms with E-state index in [-0.39, 0.29) is 0 Å². The second-order valence-electron chi connectivity index (χ2n) is 4.17. The van der Waals surface area contributed by atoms with E-state index in [4.69, 9.17) is 11.6 Å². The fourth-order valence-electron chi connectivity index (χ4n) is 1.93. The van der Waals surface area contributed by atoms with Gasteiger partial charge in [-0.05, 0) is 44.0 Å². The predicted molar refractivity (Wildman–Crippen MR) is 65.7 cm³/mol. The summed E-state index contributed by atoms with van der Waals surface area (Å²) in [6.45, 7) is 4.22. The van der Waals surface area contributed by atoms with Gasteiger partial charge in [0.25, 0.3) is 0 Å². The molecule has 82 valence electrons. The third kappa shape index (κ3) is 2.86. The molecule has 2 rings (SSSR count). The fraction of sp³-hybridized carbons (Fsp3) is 0.500. The molecule has 0 aliphatic carbocycles. The minimum atomic E-state index is 0.513. The van der Waals surface area contributed by atoms with Crippen LogP contribution >= 0.6 is 11.6 Å². The fourth-order valence-corrected chi connectivity index (χ4v) is 2.22. The molecule has 0 aromatic heterocycles. The van der Waals surface area contributed by atoms with Gasteiger partial charge in [-0.2, -0.15) is 0 Å². The van der Waals surface area contributed by atoms with E-state index >= 15 is 0 Å². The van der Waals surface area contributed by atoms with Gasteiger partial charge < -0.3 is 10.6 Å². The molecule has 1 fully saturated rings. The molecule has 1 aromatic carbocycles. The van der Waals surface area contributed by atoms with Gasteiger partial charge >= 0.3 is 0 Å². The van der Waals surface area contributed by atoms with E-state index in [0.717, 1.165) is 23.8 Å². The molecule has 1 heterocycles. The zero-order valence-electron chi connectivity index (χ0n) is 9.02. The van der Waals surface area contributed by atoms with Crippen LogP contribution in [0.3, 0.4) is 0 Å².